The van der Waals surface area contributed by atoms with E-state index in [1.54, 1.807) is 6.07 Å². The Morgan fingerprint density at radius 2 is 1.95 bits per heavy atom. The first kappa shape index (κ1) is 17.6. The van der Waals surface area contributed by atoms with E-state index >= 15 is 0 Å². The summed E-state index contributed by atoms with van der Waals surface area (Å²) in [6, 6.07) is 3.20. The zero-order chi connectivity index (χ0) is 15.8. The second-order valence-corrected chi connectivity index (χ2v) is 5.08. The molecule has 3 N–H and O–H groups in total. The maximum absolute atomic E-state index is 13.9. The van der Waals surface area contributed by atoms with Gasteiger partial charge < -0.3 is 20.5 Å². The quantitative estimate of drug-likeness (QED) is 0.687. The molecule has 0 heterocycles. The lowest BCUT2D eigenvalue weighted by atomic mass is 10.1. The molecule has 5 heteroatoms. The smallest absolute Gasteiger partial charge is 0.167 e. The van der Waals surface area contributed by atoms with Gasteiger partial charge in [0.25, 0.3) is 0 Å². The van der Waals surface area contributed by atoms with Crippen molar-refractivity contribution in [2.75, 3.05) is 30.4 Å². The number of anilines is 2. The number of hydrogen-bond donors (Lipinski definition) is 2. The van der Waals surface area contributed by atoms with Crippen LogP contribution in [0.25, 0.3) is 0 Å². The highest BCUT2D eigenvalue weighted by Gasteiger charge is 2.20. The summed E-state index contributed by atoms with van der Waals surface area (Å²) < 4.78 is 19.3. The van der Waals surface area contributed by atoms with Crippen LogP contribution in [-0.4, -0.2) is 30.9 Å². The molecule has 0 atom stereocenters. The highest BCUT2D eigenvalue weighted by atomic mass is 19.1. The summed E-state index contributed by atoms with van der Waals surface area (Å²) in [6.45, 7) is 7.11. The van der Waals surface area contributed by atoms with Crippen molar-refractivity contribution in [3.63, 3.8) is 0 Å². The summed E-state index contributed by atoms with van der Waals surface area (Å²) >= 11 is 0. The minimum Gasteiger partial charge on any atom is -0.490 e. The van der Waals surface area contributed by atoms with E-state index in [9.17, 15) is 9.50 Å². The monoisotopic (exact) mass is 298 g/mol. The number of benzene rings is 1. The van der Waals surface area contributed by atoms with Gasteiger partial charge in [0.1, 0.15) is 0 Å². The standard InChI is InChI=1S/C16H27FN2O2/c1-4-9-21-16-11-15(14(18)10-13(16)17)19(7-8-20)12(5-2)6-3/h10-12,20H,4-9,18H2,1-3H3. The molecule has 1 aromatic rings. The van der Waals surface area contributed by atoms with Gasteiger partial charge in [0, 0.05) is 24.7 Å². The van der Waals surface area contributed by atoms with E-state index in [2.05, 4.69) is 13.8 Å². The zero-order valence-electron chi connectivity index (χ0n) is 13.2. The second-order valence-electron chi connectivity index (χ2n) is 5.08. The van der Waals surface area contributed by atoms with Gasteiger partial charge in [0.15, 0.2) is 11.6 Å². The fourth-order valence-corrected chi connectivity index (χ4v) is 2.47. The molecule has 4 nitrogen and oxygen atoms in total. The Morgan fingerprint density at radius 1 is 1.29 bits per heavy atom. The largest absolute Gasteiger partial charge is 0.490 e. The highest BCUT2D eigenvalue weighted by Crippen LogP contribution is 2.33. The first-order valence-electron chi connectivity index (χ1n) is 7.68. The van der Waals surface area contributed by atoms with E-state index in [0.29, 0.717) is 18.8 Å². The van der Waals surface area contributed by atoms with Crippen LogP contribution in [0.3, 0.4) is 0 Å². The second kappa shape index (κ2) is 8.72. The van der Waals surface area contributed by atoms with E-state index in [1.807, 2.05) is 11.8 Å². The van der Waals surface area contributed by atoms with Crippen LogP contribution in [-0.2, 0) is 0 Å². The van der Waals surface area contributed by atoms with Gasteiger partial charge in [-0.2, -0.15) is 0 Å². The molecule has 120 valence electrons. The summed E-state index contributed by atoms with van der Waals surface area (Å²) in [5, 5.41) is 9.31. The molecule has 0 aliphatic rings. The van der Waals surface area contributed by atoms with Gasteiger partial charge in [-0.15, -0.1) is 0 Å². The summed E-state index contributed by atoms with van der Waals surface area (Å²) in [6.07, 6.45) is 2.67. The minimum absolute atomic E-state index is 0.0263. The highest BCUT2D eigenvalue weighted by molar-refractivity contribution is 5.70. The molecule has 21 heavy (non-hydrogen) atoms. The molecule has 0 spiro atoms. The molecule has 0 fully saturated rings. The number of halogens is 1. The van der Waals surface area contributed by atoms with Gasteiger partial charge in [-0.05, 0) is 19.3 Å². The van der Waals surface area contributed by atoms with Crippen molar-refractivity contribution in [1.29, 1.82) is 0 Å². The summed E-state index contributed by atoms with van der Waals surface area (Å²) in [5.74, 6) is -0.229. The normalized spacial score (nSPS) is 11.0. The third-order valence-corrected chi connectivity index (χ3v) is 3.58. The summed E-state index contributed by atoms with van der Waals surface area (Å²) in [4.78, 5) is 2.04. The molecule has 0 aliphatic heterocycles. The Bertz CT molecular complexity index is 437. The average Bonchev–Trinajstić information content (AvgIpc) is 2.47. The number of nitrogen functional groups attached to an aromatic ring is 1. The third-order valence-electron chi connectivity index (χ3n) is 3.58. The number of nitrogens with zero attached hydrogens (tertiary/aromatic N) is 1. The molecule has 0 amide bonds. The molecule has 0 aliphatic carbocycles. The summed E-state index contributed by atoms with van der Waals surface area (Å²) in [5.41, 5.74) is 7.08. The molecule has 0 saturated heterocycles. The fraction of sp³-hybridized carbons (Fsp3) is 0.625. The van der Waals surface area contributed by atoms with Crippen molar-refractivity contribution in [2.45, 2.75) is 46.1 Å². The van der Waals surface area contributed by atoms with Crippen LogP contribution in [0.5, 0.6) is 5.75 Å². The number of aliphatic hydroxyl groups excluding tert-OH is 1. The van der Waals surface area contributed by atoms with Crippen LogP contribution in [0.4, 0.5) is 15.8 Å². The minimum atomic E-state index is -0.446. The lowest BCUT2D eigenvalue weighted by molar-refractivity contribution is 0.294. The van der Waals surface area contributed by atoms with Gasteiger partial charge >= 0.3 is 0 Å². The molecule has 0 bridgehead atoms. The van der Waals surface area contributed by atoms with Gasteiger partial charge in [0.05, 0.1) is 24.6 Å². The van der Waals surface area contributed by atoms with Crippen LogP contribution in [0.15, 0.2) is 12.1 Å². The summed E-state index contributed by atoms with van der Waals surface area (Å²) in [7, 11) is 0. The number of ether oxygens (including phenoxy) is 1. The van der Waals surface area contributed by atoms with E-state index in [4.69, 9.17) is 10.5 Å². The first-order valence-corrected chi connectivity index (χ1v) is 7.68. The van der Waals surface area contributed by atoms with E-state index < -0.39 is 5.82 Å². The molecule has 0 saturated carbocycles. The van der Waals surface area contributed by atoms with Gasteiger partial charge in [0.2, 0.25) is 0 Å². The molecule has 0 aromatic heterocycles. The predicted octanol–water partition coefficient (Wildman–Crippen LogP) is 3.18. The topological polar surface area (TPSA) is 58.7 Å². The maximum Gasteiger partial charge on any atom is 0.167 e. The van der Waals surface area contributed by atoms with Crippen molar-refractivity contribution in [3.8, 4) is 5.75 Å². The van der Waals surface area contributed by atoms with Gasteiger partial charge in [-0.1, -0.05) is 20.8 Å². The molecule has 1 aromatic carbocycles. The van der Waals surface area contributed by atoms with Crippen LogP contribution < -0.4 is 15.4 Å². The SMILES string of the molecule is CCCOc1cc(N(CCO)C(CC)CC)c(N)cc1F. The molecular weight excluding hydrogens is 271 g/mol. The fourth-order valence-electron chi connectivity index (χ4n) is 2.47. The Hall–Kier alpha value is -1.49. The Morgan fingerprint density at radius 3 is 2.48 bits per heavy atom. The molecule has 0 unspecified atom stereocenters. The van der Waals surface area contributed by atoms with Gasteiger partial charge in [-0.25, -0.2) is 4.39 Å². The van der Waals surface area contributed by atoms with Gasteiger partial charge in [-0.3, -0.25) is 0 Å². The lowest BCUT2D eigenvalue weighted by Gasteiger charge is -2.33. The number of rotatable bonds is 9. The van der Waals surface area contributed by atoms with Crippen LogP contribution >= 0.6 is 0 Å². The van der Waals surface area contributed by atoms with Crippen LogP contribution in [0.2, 0.25) is 0 Å². The van der Waals surface area contributed by atoms with Crippen molar-refractivity contribution in [3.05, 3.63) is 17.9 Å². The van der Waals surface area contributed by atoms with Crippen molar-refractivity contribution < 1.29 is 14.2 Å². The Kier molecular flexibility index (Phi) is 7.29. The van der Waals surface area contributed by atoms with Crippen molar-refractivity contribution in [1.82, 2.24) is 0 Å². The van der Waals surface area contributed by atoms with Crippen LogP contribution in [0, 0.1) is 5.82 Å². The first-order chi connectivity index (χ1) is 10.1. The number of aliphatic hydroxyl groups is 1. The lowest BCUT2D eigenvalue weighted by Crippen LogP contribution is -2.37. The third kappa shape index (κ3) is 4.49. The Balaban J connectivity index is 3.16. The molecule has 0 radical (unpaired) electrons. The van der Waals surface area contributed by atoms with Crippen molar-refractivity contribution >= 4 is 11.4 Å². The zero-order valence-corrected chi connectivity index (χ0v) is 13.2. The molecular formula is C16H27FN2O2. The average molecular weight is 298 g/mol. The van der Waals surface area contributed by atoms with E-state index in [0.717, 1.165) is 24.9 Å². The van der Waals surface area contributed by atoms with Crippen molar-refractivity contribution in [2.24, 2.45) is 0 Å². The van der Waals surface area contributed by atoms with E-state index in [-0.39, 0.29) is 18.4 Å². The maximum atomic E-state index is 13.9. The number of hydrogen-bond acceptors (Lipinski definition) is 4. The Labute approximate surface area is 126 Å². The predicted molar refractivity (Wildman–Crippen MR) is 85.4 cm³/mol. The van der Waals surface area contributed by atoms with E-state index in [1.165, 1.54) is 6.07 Å². The van der Waals surface area contributed by atoms with Crippen LogP contribution in [0.1, 0.15) is 40.0 Å². The number of nitrogens with two attached hydrogens (primary N) is 1. The molecule has 1 rings (SSSR count).